The van der Waals surface area contributed by atoms with E-state index in [1.807, 2.05) is 0 Å². The van der Waals surface area contributed by atoms with Crippen molar-refractivity contribution in [2.24, 2.45) is 0 Å². The first kappa shape index (κ1) is 18.9. The van der Waals surface area contributed by atoms with Gasteiger partial charge in [0.1, 0.15) is 5.65 Å². The van der Waals surface area contributed by atoms with Crippen molar-refractivity contribution in [2.75, 3.05) is 10.6 Å². The monoisotopic (exact) mass is 414 g/mol. The standard InChI is InChI=1S/C19H16ClFN6O2/c1-9(10(2)29)24-19-17(21)16(20)15(12-5-23-26-18(12)19)11-3-4-14-25-13(22-8-28)7-27(14)6-11/h3-9,24H,1-2H3,(H,22,28)(H,23,26). The molecule has 1 atom stereocenters. The number of aromatic amines is 1. The van der Waals surface area contributed by atoms with E-state index in [9.17, 15) is 9.59 Å². The van der Waals surface area contributed by atoms with E-state index in [2.05, 4.69) is 25.8 Å². The molecular weight excluding hydrogens is 399 g/mol. The number of hydrogen-bond acceptors (Lipinski definition) is 5. The molecule has 0 spiro atoms. The Bertz CT molecular complexity index is 1260. The zero-order chi connectivity index (χ0) is 20.7. The number of imidazole rings is 1. The Labute approximate surface area is 169 Å². The first-order valence-electron chi connectivity index (χ1n) is 8.71. The fraction of sp³-hybridized carbons (Fsp3) is 0.158. The second kappa shape index (κ2) is 7.17. The molecule has 0 aliphatic carbocycles. The maximum atomic E-state index is 15.2. The summed E-state index contributed by atoms with van der Waals surface area (Å²) in [6, 6.07) is 2.89. The Morgan fingerprint density at radius 2 is 2.17 bits per heavy atom. The van der Waals surface area contributed by atoms with Crippen LogP contribution in [0.3, 0.4) is 0 Å². The van der Waals surface area contributed by atoms with E-state index in [-0.39, 0.29) is 16.5 Å². The van der Waals surface area contributed by atoms with Gasteiger partial charge in [-0.2, -0.15) is 5.10 Å². The average molecular weight is 415 g/mol. The molecule has 4 aromatic rings. The number of benzene rings is 1. The lowest BCUT2D eigenvalue weighted by Crippen LogP contribution is -2.24. The molecule has 4 rings (SSSR count). The fourth-order valence-electron chi connectivity index (χ4n) is 3.12. The number of nitrogens with zero attached hydrogens (tertiary/aromatic N) is 3. The van der Waals surface area contributed by atoms with Gasteiger partial charge in [-0.25, -0.2) is 9.37 Å². The number of amides is 1. The minimum absolute atomic E-state index is 0.0927. The fourth-order valence-corrected chi connectivity index (χ4v) is 3.42. The molecule has 10 heteroatoms. The van der Waals surface area contributed by atoms with Gasteiger partial charge in [0.25, 0.3) is 0 Å². The van der Waals surface area contributed by atoms with Gasteiger partial charge in [0.2, 0.25) is 6.41 Å². The summed E-state index contributed by atoms with van der Waals surface area (Å²) in [5.41, 5.74) is 2.19. The number of carbonyl (C=O) groups is 2. The molecule has 1 unspecified atom stereocenters. The summed E-state index contributed by atoms with van der Waals surface area (Å²) in [6.07, 6.45) is 5.46. The third-order valence-corrected chi connectivity index (χ3v) is 5.06. The predicted octanol–water partition coefficient (Wildman–Crippen LogP) is 3.63. The number of halogens is 2. The smallest absolute Gasteiger partial charge is 0.212 e. The number of carbonyl (C=O) groups excluding carboxylic acids is 2. The molecule has 0 saturated carbocycles. The molecule has 8 nitrogen and oxygen atoms in total. The van der Waals surface area contributed by atoms with E-state index < -0.39 is 11.9 Å². The zero-order valence-electron chi connectivity index (χ0n) is 15.5. The molecule has 0 radical (unpaired) electrons. The zero-order valence-corrected chi connectivity index (χ0v) is 16.2. The van der Waals surface area contributed by atoms with Crippen molar-refractivity contribution in [1.29, 1.82) is 0 Å². The SMILES string of the molecule is CC(=O)C(C)Nc1c(F)c(Cl)c(-c2ccc3nc(NC=O)cn3c2)c2cn[nH]c12. The topological polar surface area (TPSA) is 104 Å². The van der Waals surface area contributed by atoms with Gasteiger partial charge >= 0.3 is 0 Å². The minimum Gasteiger partial charge on any atom is -0.371 e. The van der Waals surface area contributed by atoms with E-state index in [0.29, 0.717) is 39.9 Å². The normalized spacial score (nSPS) is 12.3. The van der Waals surface area contributed by atoms with E-state index >= 15 is 4.39 Å². The molecule has 0 aliphatic rings. The molecule has 1 amide bonds. The second-order valence-electron chi connectivity index (χ2n) is 6.58. The summed E-state index contributed by atoms with van der Waals surface area (Å²) in [6.45, 7) is 3.06. The lowest BCUT2D eigenvalue weighted by molar-refractivity contribution is -0.117. The van der Waals surface area contributed by atoms with Gasteiger partial charge in [-0.05, 0) is 26.0 Å². The van der Waals surface area contributed by atoms with Crippen LogP contribution in [0.2, 0.25) is 5.02 Å². The lowest BCUT2D eigenvalue weighted by atomic mass is 10.0. The number of rotatable bonds is 6. The Morgan fingerprint density at radius 1 is 1.38 bits per heavy atom. The average Bonchev–Trinajstić information content (AvgIpc) is 3.31. The molecule has 0 bridgehead atoms. The van der Waals surface area contributed by atoms with Gasteiger partial charge in [-0.15, -0.1) is 0 Å². The quantitative estimate of drug-likeness (QED) is 0.418. The van der Waals surface area contributed by atoms with Gasteiger partial charge in [0.05, 0.1) is 34.7 Å². The van der Waals surface area contributed by atoms with Gasteiger partial charge < -0.3 is 15.0 Å². The van der Waals surface area contributed by atoms with Crippen molar-refractivity contribution in [3.05, 3.63) is 41.6 Å². The minimum atomic E-state index is -0.680. The van der Waals surface area contributed by atoms with Gasteiger partial charge in [0.15, 0.2) is 17.4 Å². The molecule has 3 N–H and O–H groups in total. The van der Waals surface area contributed by atoms with Crippen LogP contribution in [-0.4, -0.2) is 37.8 Å². The van der Waals surface area contributed by atoms with Crippen molar-refractivity contribution in [3.8, 4) is 11.1 Å². The van der Waals surface area contributed by atoms with Crippen molar-refractivity contribution in [1.82, 2.24) is 19.6 Å². The number of pyridine rings is 1. The van der Waals surface area contributed by atoms with Crippen LogP contribution in [0, 0.1) is 5.82 Å². The first-order valence-corrected chi connectivity index (χ1v) is 9.08. The van der Waals surface area contributed by atoms with Crippen LogP contribution < -0.4 is 10.6 Å². The highest BCUT2D eigenvalue weighted by Crippen LogP contribution is 2.41. The Kier molecular flexibility index (Phi) is 4.67. The van der Waals surface area contributed by atoms with Crippen LogP contribution in [0.15, 0.2) is 30.7 Å². The summed E-state index contributed by atoms with van der Waals surface area (Å²) in [5.74, 6) is -0.427. The van der Waals surface area contributed by atoms with Crippen LogP contribution >= 0.6 is 11.6 Å². The van der Waals surface area contributed by atoms with E-state index in [1.165, 1.54) is 6.92 Å². The van der Waals surface area contributed by atoms with E-state index in [1.54, 1.807) is 42.0 Å². The highest BCUT2D eigenvalue weighted by Gasteiger charge is 2.23. The van der Waals surface area contributed by atoms with Crippen molar-refractivity contribution >= 4 is 51.8 Å². The molecule has 1 aromatic carbocycles. The molecule has 3 aromatic heterocycles. The molecule has 0 saturated heterocycles. The van der Waals surface area contributed by atoms with Gasteiger partial charge in [-0.1, -0.05) is 11.6 Å². The highest BCUT2D eigenvalue weighted by atomic mass is 35.5. The second-order valence-corrected chi connectivity index (χ2v) is 6.96. The van der Waals surface area contributed by atoms with Crippen molar-refractivity contribution in [2.45, 2.75) is 19.9 Å². The number of anilines is 2. The van der Waals surface area contributed by atoms with Crippen molar-refractivity contribution in [3.63, 3.8) is 0 Å². The first-order chi connectivity index (χ1) is 13.9. The summed E-state index contributed by atoms with van der Waals surface area (Å²) < 4.78 is 16.9. The van der Waals surface area contributed by atoms with Gasteiger partial charge in [0, 0.05) is 22.7 Å². The van der Waals surface area contributed by atoms with Crippen LogP contribution in [-0.2, 0) is 9.59 Å². The molecule has 0 fully saturated rings. The Balaban J connectivity index is 1.89. The number of fused-ring (bicyclic) bond motifs is 2. The largest absolute Gasteiger partial charge is 0.371 e. The van der Waals surface area contributed by atoms with Gasteiger partial charge in [-0.3, -0.25) is 14.7 Å². The van der Waals surface area contributed by atoms with Crippen LogP contribution in [0.5, 0.6) is 0 Å². The number of aromatic nitrogens is 4. The highest BCUT2D eigenvalue weighted by molar-refractivity contribution is 6.36. The summed E-state index contributed by atoms with van der Waals surface area (Å²) >= 11 is 6.41. The molecular formula is C19H16ClFN6O2. The molecule has 0 aliphatic heterocycles. The van der Waals surface area contributed by atoms with E-state index in [4.69, 9.17) is 11.6 Å². The van der Waals surface area contributed by atoms with Crippen LogP contribution in [0.1, 0.15) is 13.8 Å². The van der Waals surface area contributed by atoms with Crippen molar-refractivity contribution < 1.29 is 14.0 Å². The number of Topliss-reactive ketones (excluding diaryl/α,β-unsaturated/α-hetero) is 1. The molecule has 29 heavy (non-hydrogen) atoms. The summed E-state index contributed by atoms with van der Waals surface area (Å²) in [4.78, 5) is 26.5. The number of H-pyrrole nitrogens is 1. The lowest BCUT2D eigenvalue weighted by Gasteiger charge is -2.17. The number of ketones is 1. The maximum absolute atomic E-state index is 15.2. The maximum Gasteiger partial charge on any atom is 0.212 e. The predicted molar refractivity (Wildman–Crippen MR) is 109 cm³/mol. The Morgan fingerprint density at radius 3 is 2.90 bits per heavy atom. The van der Waals surface area contributed by atoms with E-state index in [0.717, 1.165) is 0 Å². The summed E-state index contributed by atoms with van der Waals surface area (Å²) in [7, 11) is 0. The number of hydrogen-bond donors (Lipinski definition) is 3. The molecule has 148 valence electrons. The molecule has 3 heterocycles. The number of nitrogens with one attached hydrogen (secondary N) is 3. The third kappa shape index (κ3) is 3.19. The van der Waals surface area contributed by atoms with Crippen LogP contribution in [0.4, 0.5) is 15.9 Å². The third-order valence-electron chi connectivity index (χ3n) is 4.71. The Hall–Kier alpha value is -3.46. The summed E-state index contributed by atoms with van der Waals surface area (Å²) in [5, 5.41) is 12.7. The van der Waals surface area contributed by atoms with Crippen LogP contribution in [0.25, 0.3) is 27.7 Å².